The number of amides is 2. The maximum Gasteiger partial charge on any atom is 0.323 e. The quantitative estimate of drug-likeness (QED) is 0.0840. The van der Waals surface area contributed by atoms with Crippen LogP contribution in [-0.4, -0.2) is 77.0 Å². The molecule has 0 radical (unpaired) electrons. The molecule has 5 rings (SSSR count). The number of nitriles is 1. The van der Waals surface area contributed by atoms with Crippen molar-refractivity contribution in [1.82, 2.24) is 9.97 Å². The number of hydrogen-bond donors (Lipinski definition) is 2. The van der Waals surface area contributed by atoms with Crippen LogP contribution < -0.4 is 29.6 Å². The molecule has 288 valence electrons. The van der Waals surface area contributed by atoms with Crippen LogP contribution in [0.5, 0.6) is 28.9 Å². The first-order valence-electron chi connectivity index (χ1n) is 17.8. The highest BCUT2D eigenvalue weighted by molar-refractivity contribution is 6.08. The summed E-state index contributed by atoms with van der Waals surface area (Å²) in [5, 5.41) is 17.1. The zero-order valence-corrected chi connectivity index (χ0v) is 32.1. The third-order valence-electron chi connectivity index (χ3n) is 8.39. The molecule has 0 unspecified atom stereocenters. The molecule has 4 aromatic carbocycles. The lowest BCUT2D eigenvalue weighted by atomic mass is 9.85. The van der Waals surface area contributed by atoms with E-state index in [0.29, 0.717) is 97.7 Å². The number of hydrogen-bond acceptors (Lipinski definition) is 11. The monoisotopic (exact) mass is 749 g/mol. The normalized spacial score (nSPS) is 11.1. The number of benzene rings is 4. The number of nitrogens with one attached hydrogen (secondary N) is 2. The first-order chi connectivity index (χ1) is 26.6. The lowest BCUT2D eigenvalue weighted by molar-refractivity contribution is 0.0179. The number of aromatic nitrogens is 2. The minimum Gasteiger partial charge on any atom is -0.497 e. The van der Waals surface area contributed by atoms with Gasteiger partial charge in [-0.3, -0.25) is 0 Å². The Bertz CT molecular complexity index is 2110. The van der Waals surface area contributed by atoms with E-state index in [1.807, 2.05) is 69.3 Å². The minimum absolute atomic E-state index is 0.258. The van der Waals surface area contributed by atoms with Crippen LogP contribution in [0.3, 0.4) is 0 Å². The van der Waals surface area contributed by atoms with E-state index >= 15 is 0 Å². The number of carbonyl (C=O) groups excluding carboxylic acids is 1. The highest BCUT2D eigenvalue weighted by atomic mass is 16.6. The van der Waals surface area contributed by atoms with Crippen LogP contribution in [0.2, 0.25) is 0 Å². The van der Waals surface area contributed by atoms with E-state index in [2.05, 4.69) is 26.7 Å². The summed E-state index contributed by atoms with van der Waals surface area (Å²) in [5.74, 6) is 3.02. The van der Waals surface area contributed by atoms with Crippen LogP contribution in [0.4, 0.5) is 16.2 Å². The van der Waals surface area contributed by atoms with Gasteiger partial charge in [0, 0.05) is 42.6 Å². The van der Waals surface area contributed by atoms with Crippen molar-refractivity contribution in [2.75, 3.05) is 71.6 Å². The second-order valence-electron chi connectivity index (χ2n) is 13.4. The van der Waals surface area contributed by atoms with E-state index in [1.54, 1.807) is 44.7 Å². The molecule has 55 heavy (non-hydrogen) atoms. The first kappa shape index (κ1) is 40.2. The van der Waals surface area contributed by atoms with Gasteiger partial charge in [-0.1, -0.05) is 45.0 Å². The summed E-state index contributed by atoms with van der Waals surface area (Å²) in [5.41, 5.74) is 2.81. The van der Waals surface area contributed by atoms with Gasteiger partial charge in [-0.25, -0.2) is 9.78 Å². The predicted molar refractivity (Wildman–Crippen MR) is 210 cm³/mol. The van der Waals surface area contributed by atoms with Gasteiger partial charge in [0.2, 0.25) is 5.88 Å². The van der Waals surface area contributed by atoms with Crippen molar-refractivity contribution in [2.24, 2.45) is 0 Å². The fourth-order valence-electron chi connectivity index (χ4n) is 5.64. The molecule has 0 aliphatic heterocycles. The molecule has 0 aliphatic rings. The summed E-state index contributed by atoms with van der Waals surface area (Å²) in [6.45, 7) is 8.92. The van der Waals surface area contributed by atoms with Crippen LogP contribution in [-0.2, 0) is 26.0 Å². The Labute approximate surface area is 321 Å². The molecular formula is C42H47N5O8. The second kappa shape index (κ2) is 19.4. The fraction of sp³-hybridized carbons (Fsp3) is 0.333. The SMILES string of the molecule is COCCOCCOCCOc1cc(Cc2nccc(Oc3ccc(NC(=O)Nc4cc(C(C)(C)C)cc(C#N)c4OC)c4ccccc34)n2)cc(OC)c1. The number of methoxy groups -OCH3 is 3. The zero-order chi connectivity index (χ0) is 39.2. The maximum absolute atomic E-state index is 13.4. The first-order valence-corrected chi connectivity index (χ1v) is 17.8. The molecule has 0 saturated carbocycles. The van der Waals surface area contributed by atoms with Crippen molar-refractivity contribution in [3.63, 3.8) is 0 Å². The molecule has 0 aliphatic carbocycles. The zero-order valence-electron chi connectivity index (χ0n) is 32.1. The number of fused-ring (bicyclic) bond motifs is 1. The molecule has 0 spiro atoms. The van der Waals surface area contributed by atoms with Crippen molar-refractivity contribution >= 4 is 28.2 Å². The Balaban J connectivity index is 1.26. The Kier molecular flexibility index (Phi) is 14.2. The smallest absolute Gasteiger partial charge is 0.323 e. The minimum atomic E-state index is -0.494. The van der Waals surface area contributed by atoms with Gasteiger partial charge in [-0.2, -0.15) is 10.2 Å². The molecule has 13 heteroatoms. The van der Waals surface area contributed by atoms with E-state index in [9.17, 15) is 10.1 Å². The fourth-order valence-corrected chi connectivity index (χ4v) is 5.64. The largest absolute Gasteiger partial charge is 0.497 e. The van der Waals surface area contributed by atoms with E-state index in [0.717, 1.165) is 21.9 Å². The Morgan fingerprint density at radius 1 is 0.782 bits per heavy atom. The molecule has 13 nitrogen and oxygen atoms in total. The van der Waals surface area contributed by atoms with E-state index in [-0.39, 0.29) is 5.41 Å². The second-order valence-corrected chi connectivity index (χ2v) is 13.4. The van der Waals surface area contributed by atoms with Gasteiger partial charge in [0.1, 0.15) is 35.7 Å². The Morgan fingerprint density at radius 2 is 1.49 bits per heavy atom. The highest BCUT2D eigenvalue weighted by Crippen LogP contribution is 2.37. The summed E-state index contributed by atoms with van der Waals surface area (Å²) in [4.78, 5) is 22.5. The molecule has 2 amide bonds. The number of urea groups is 1. The van der Waals surface area contributed by atoms with Gasteiger partial charge in [0.15, 0.2) is 5.75 Å². The standard InChI is InChI=1S/C42H47N5O8/c1-42(2,3)30-24-29(27-43)40(51-6)36(25-30)46-41(48)45-35-11-12-37(34-10-8-7-9-33(34)35)55-39-13-14-44-38(47-39)23-28-21-31(50-5)26-32(22-28)54-20-19-53-18-17-52-16-15-49-4/h7-14,21-22,24-26H,15-20,23H2,1-6H3,(H2,45,46,48). The number of carbonyl (C=O) groups is 1. The maximum atomic E-state index is 13.4. The topological polar surface area (TPSA) is 155 Å². The van der Waals surface area contributed by atoms with Gasteiger partial charge >= 0.3 is 6.03 Å². The third-order valence-corrected chi connectivity index (χ3v) is 8.39. The van der Waals surface area contributed by atoms with E-state index in [4.69, 9.17) is 33.2 Å². The number of anilines is 2. The summed E-state index contributed by atoms with van der Waals surface area (Å²) in [6.07, 6.45) is 2.05. The van der Waals surface area contributed by atoms with Crippen LogP contribution in [0, 0.1) is 11.3 Å². The molecule has 0 atom stereocenters. The molecule has 0 bridgehead atoms. The molecule has 0 fully saturated rings. The van der Waals surface area contributed by atoms with Gasteiger partial charge in [0.25, 0.3) is 0 Å². The molecular weight excluding hydrogens is 702 g/mol. The Morgan fingerprint density at radius 3 is 2.20 bits per heavy atom. The lowest BCUT2D eigenvalue weighted by Crippen LogP contribution is -2.21. The summed E-state index contributed by atoms with van der Waals surface area (Å²) in [7, 11) is 4.71. The van der Waals surface area contributed by atoms with Gasteiger partial charge in [-0.05, 0) is 52.9 Å². The average Bonchev–Trinajstić information content (AvgIpc) is 3.17. The molecule has 5 aromatic rings. The summed E-state index contributed by atoms with van der Waals surface area (Å²) < 4.78 is 39.2. The van der Waals surface area contributed by atoms with Gasteiger partial charge in [-0.15, -0.1) is 0 Å². The van der Waals surface area contributed by atoms with Crippen LogP contribution in [0.1, 0.15) is 43.3 Å². The Hall–Kier alpha value is -5.94. The lowest BCUT2D eigenvalue weighted by Gasteiger charge is -2.22. The van der Waals surface area contributed by atoms with Gasteiger partial charge in [0.05, 0.1) is 64.2 Å². The van der Waals surface area contributed by atoms with E-state index < -0.39 is 6.03 Å². The van der Waals surface area contributed by atoms with E-state index in [1.165, 1.54) is 7.11 Å². The van der Waals surface area contributed by atoms with Crippen molar-refractivity contribution in [2.45, 2.75) is 32.6 Å². The van der Waals surface area contributed by atoms with Crippen molar-refractivity contribution < 1.29 is 38.0 Å². The van der Waals surface area contributed by atoms with Crippen molar-refractivity contribution in [1.29, 1.82) is 5.26 Å². The summed E-state index contributed by atoms with van der Waals surface area (Å²) >= 11 is 0. The van der Waals surface area contributed by atoms with Crippen molar-refractivity contribution in [3.05, 3.63) is 102 Å². The van der Waals surface area contributed by atoms with Crippen LogP contribution in [0.15, 0.2) is 79.0 Å². The highest BCUT2D eigenvalue weighted by Gasteiger charge is 2.21. The van der Waals surface area contributed by atoms with Gasteiger partial charge < -0.3 is 43.8 Å². The number of ether oxygens (including phenoxy) is 7. The predicted octanol–water partition coefficient (Wildman–Crippen LogP) is 7.90. The third kappa shape index (κ3) is 11.3. The van der Waals surface area contributed by atoms with Crippen LogP contribution >= 0.6 is 0 Å². The molecule has 0 saturated heterocycles. The van der Waals surface area contributed by atoms with Crippen molar-refractivity contribution in [3.8, 4) is 34.9 Å². The summed E-state index contributed by atoms with van der Waals surface area (Å²) in [6, 6.07) is 23.7. The molecule has 2 N–H and O–H groups in total. The average molecular weight is 750 g/mol. The number of nitrogens with zero attached hydrogens (tertiary/aromatic N) is 3. The molecule has 1 aromatic heterocycles. The molecule has 1 heterocycles. The van der Waals surface area contributed by atoms with Crippen LogP contribution in [0.25, 0.3) is 10.8 Å². The number of rotatable bonds is 18.